The molecule has 1 amide bonds. The third-order valence-corrected chi connectivity index (χ3v) is 5.11. The highest BCUT2D eigenvalue weighted by Gasteiger charge is 2.29. The highest BCUT2D eigenvalue weighted by molar-refractivity contribution is 6.31. The van der Waals surface area contributed by atoms with Crippen molar-refractivity contribution in [3.8, 4) is 11.5 Å². The van der Waals surface area contributed by atoms with E-state index in [1.165, 1.54) is 0 Å². The monoisotopic (exact) mass is 433 g/mol. The molecule has 4 rings (SSSR count). The van der Waals surface area contributed by atoms with Gasteiger partial charge >= 0.3 is 6.09 Å². The van der Waals surface area contributed by atoms with Gasteiger partial charge in [-0.1, -0.05) is 34.8 Å². The Morgan fingerprint density at radius 1 is 0.857 bits per heavy atom. The summed E-state index contributed by atoms with van der Waals surface area (Å²) in [4.78, 5) is 12.2. The van der Waals surface area contributed by atoms with Gasteiger partial charge in [0.2, 0.25) is 0 Å². The van der Waals surface area contributed by atoms with E-state index >= 15 is 0 Å². The number of rotatable bonds is 3. The summed E-state index contributed by atoms with van der Waals surface area (Å²) in [5.41, 5.74) is 2.26. The van der Waals surface area contributed by atoms with Crippen molar-refractivity contribution in [1.29, 1.82) is 0 Å². The molecule has 0 unspecified atom stereocenters. The Labute approximate surface area is 176 Å². The number of hydrogen-bond donors (Lipinski definition) is 1. The van der Waals surface area contributed by atoms with Crippen molar-refractivity contribution >= 4 is 46.6 Å². The zero-order chi connectivity index (χ0) is 19.7. The SMILES string of the molecule is O=C(Nc1ccc(Cl)cc1)OCC1c2cc(Cl)ccc2Oc2ccc(Cl)cc21. The Morgan fingerprint density at radius 3 is 1.96 bits per heavy atom. The summed E-state index contributed by atoms with van der Waals surface area (Å²) in [7, 11) is 0. The van der Waals surface area contributed by atoms with Crippen LogP contribution in [0.25, 0.3) is 0 Å². The molecule has 0 saturated heterocycles. The molecule has 3 aromatic carbocycles. The lowest BCUT2D eigenvalue weighted by molar-refractivity contribution is 0.156. The van der Waals surface area contributed by atoms with E-state index in [9.17, 15) is 4.79 Å². The second-order valence-electron chi connectivity index (χ2n) is 6.25. The first-order valence-electron chi connectivity index (χ1n) is 8.46. The van der Waals surface area contributed by atoms with Crippen molar-refractivity contribution < 1.29 is 14.3 Å². The first kappa shape index (κ1) is 18.9. The van der Waals surface area contributed by atoms with Gasteiger partial charge in [-0.25, -0.2) is 4.79 Å². The maximum Gasteiger partial charge on any atom is 0.411 e. The smallest absolute Gasteiger partial charge is 0.411 e. The van der Waals surface area contributed by atoms with E-state index in [-0.39, 0.29) is 12.5 Å². The maximum atomic E-state index is 12.2. The number of halogens is 3. The summed E-state index contributed by atoms with van der Waals surface area (Å²) in [6.07, 6.45) is -0.569. The molecule has 0 spiro atoms. The molecule has 142 valence electrons. The van der Waals surface area contributed by atoms with E-state index in [0.29, 0.717) is 32.3 Å². The Balaban J connectivity index is 1.56. The van der Waals surface area contributed by atoms with Gasteiger partial charge in [0.15, 0.2) is 0 Å². The summed E-state index contributed by atoms with van der Waals surface area (Å²) >= 11 is 18.2. The molecule has 4 nitrogen and oxygen atoms in total. The predicted molar refractivity (Wildman–Crippen MR) is 111 cm³/mol. The molecule has 0 atom stereocenters. The number of anilines is 1. The van der Waals surface area contributed by atoms with Gasteiger partial charge in [0.1, 0.15) is 18.1 Å². The summed E-state index contributed by atoms with van der Waals surface area (Å²) in [5, 5.41) is 4.41. The predicted octanol–water partition coefficient (Wildman–Crippen LogP) is 7.13. The fourth-order valence-corrected chi connectivity index (χ4v) is 3.57. The van der Waals surface area contributed by atoms with Crippen LogP contribution in [0.15, 0.2) is 60.7 Å². The fraction of sp³-hybridized carbons (Fsp3) is 0.0952. The van der Waals surface area contributed by atoms with Gasteiger partial charge in [0.25, 0.3) is 0 Å². The molecule has 1 aliphatic rings. The number of hydrogen-bond acceptors (Lipinski definition) is 3. The highest BCUT2D eigenvalue weighted by atomic mass is 35.5. The standard InChI is InChI=1S/C21H14Cl3NO3/c22-12-1-5-15(6-2-12)25-21(26)27-11-18-16-9-13(23)3-7-19(16)28-20-8-4-14(24)10-17(18)20/h1-10,18H,11H2,(H,25,26). The molecule has 0 aromatic heterocycles. The number of benzene rings is 3. The van der Waals surface area contributed by atoms with Gasteiger partial charge in [0, 0.05) is 31.9 Å². The van der Waals surface area contributed by atoms with Crippen LogP contribution in [-0.2, 0) is 4.74 Å². The van der Waals surface area contributed by atoms with Crippen LogP contribution in [0.2, 0.25) is 15.1 Å². The van der Waals surface area contributed by atoms with Crippen molar-refractivity contribution in [2.75, 3.05) is 11.9 Å². The van der Waals surface area contributed by atoms with Crippen LogP contribution >= 0.6 is 34.8 Å². The molecule has 0 aliphatic carbocycles. The van der Waals surface area contributed by atoms with Gasteiger partial charge in [-0.3, -0.25) is 5.32 Å². The summed E-state index contributed by atoms with van der Waals surface area (Å²) < 4.78 is 11.4. The van der Waals surface area contributed by atoms with Gasteiger partial charge in [-0.05, 0) is 60.7 Å². The number of nitrogens with one attached hydrogen (secondary N) is 1. The molecule has 28 heavy (non-hydrogen) atoms. The number of carbonyl (C=O) groups excluding carboxylic acids is 1. The lowest BCUT2D eigenvalue weighted by atomic mass is 9.88. The van der Waals surface area contributed by atoms with Gasteiger partial charge in [-0.2, -0.15) is 0 Å². The lowest BCUT2D eigenvalue weighted by Crippen LogP contribution is -2.21. The number of ether oxygens (including phenoxy) is 2. The van der Waals surface area contributed by atoms with E-state index in [0.717, 1.165) is 11.1 Å². The minimum atomic E-state index is -0.569. The average Bonchev–Trinajstić information content (AvgIpc) is 2.67. The van der Waals surface area contributed by atoms with Crippen LogP contribution in [-0.4, -0.2) is 12.7 Å². The summed E-state index contributed by atoms with van der Waals surface area (Å²) in [5.74, 6) is 1.09. The Hall–Kier alpha value is -2.40. The van der Waals surface area contributed by atoms with Gasteiger partial charge < -0.3 is 9.47 Å². The number of fused-ring (bicyclic) bond motifs is 2. The Bertz CT molecular complexity index is 986. The second kappa shape index (κ2) is 7.92. The Morgan fingerprint density at radius 2 is 1.39 bits per heavy atom. The van der Waals surface area contributed by atoms with E-state index in [4.69, 9.17) is 44.3 Å². The summed E-state index contributed by atoms with van der Waals surface area (Å²) in [6.45, 7) is 0.101. The molecule has 0 radical (unpaired) electrons. The minimum absolute atomic E-state index is 0.101. The molecule has 1 heterocycles. The second-order valence-corrected chi connectivity index (χ2v) is 7.56. The minimum Gasteiger partial charge on any atom is -0.457 e. The molecule has 1 aliphatic heterocycles. The van der Waals surface area contributed by atoms with E-state index in [1.807, 2.05) is 12.1 Å². The van der Waals surface area contributed by atoms with Gasteiger partial charge in [-0.15, -0.1) is 0 Å². The number of amides is 1. The lowest BCUT2D eigenvalue weighted by Gasteiger charge is -2.28. The average molecular weight is 435 g/mol. The Kier molecular flexibility index (Phi) is 5.36. The van der Waals surface area contributed by atoms with Crippen molar-refractivity contribution in [1.82, 2.24) is 0 Å². The third-order valence-electron chi connectivity index (χ3n) is 4.39. The van der Waals surface area contributed by atoms with Crippen molar-refractivity contribution in [2.45, 2.75) is 5.92 Å². The molecule has 0 bridgehead atoms. The quantitative estimate of drug-likeness (QED) is 0.477. The molecular formula is C21H14Cl3NO3. The van der Waals surface area contributed by atoms with Crippen LogP contribution in [0.3, 0.4) is 0 Å². The van der Waals surface area contributed by atoms with E-state index in [1.54, 1.807) is 48.5 Å². The van der Waals surface area contributed by atoms with Crippen molar-refractivity contribution in [3.63, 3.8) is 0 Å². The topological polar surface area (TPSA) is 47.6 Å². The van der Waals surface area contributed by atoms with E-state index in [2.05, 4.69) is 5.32 Å². The largest absolute Gasteiger partial charge is 0.457 e. The highest BCUT2D eigenvalue weighted by Crippen LogP contribution is 2.45. The zero-order valence-corrected chi connectivity index (χ0v) is 16.7. The molecule has 1 N–H and O–H groups in total. The molecular weight excluding hydrogens is 421 g/mol. The van der Waals surface area contributed by atoms with Crippen LogP contribution < -0.4 is 10.1 Å². The fourth-order valence-electron chi connectivity index (χ4n) is 3.08. The van der Waals surface area contributed by atoms with Crippen LogP contribution in [0.4, 0.5) is 10.5 Å². The molecule has 3 aromatic rings. The van der Waals surface area contributed by atoms with Gasteiger partial charge in [0.05, 0.1) is 5.92 Å². The molecule has 0 fully saturated rings. The molecule has 0 saturated carbocycles. The first-order valence-corrected chi connectivity index (χ1v) is 9.59. The molecule has 7 heteroatoms. The van der Waals surface area contributed by atoms with Crippen LogP contribution in [0, 0.1) is 0 Å². The number of carbonyl (C=O) groups is 1. The van der Waals surface area contributed by atoms with Crippen LogP contribution in [0.5, 0.6) is 11.5 Å². The van der Waals surface area contributed by atoms with Crippen LogP contribution in [0.1, 0.15) is 17.0 Å². The normalized spacial score (nSPS) is 12.5. The summed E-state index contributed by atoms with van der Waals surface area (Å²) in [6, 6.07) is 17.5. The van der Waals surface area contributed by atoms with E-state index < -0.39 is 6.09 Å². The van der Waals surface area contributed by atoms with Crippen molar-refractivity contribution in [2.24, 2.45) is 0 Å². The third kappa shape index (κ3) is 4.04. The first-order chi connectivity index (χ1) is 13.5. The maximum absolute atomic E-state index is 12.2. The van der Waals surface area contributed by atoms with Crippen molar-refractivity contribution in [3.05, 3.63) is 86.9 Å². The zero-order valence-electron chi connectivity index (χ0n) is 14.4.